The molecular weight excluding hydrogens is 390 g/mol. The highest BCUT2D eigenvalue weighted by molar-refractivity contribution is 6.32. The van der Waals surface area contributed by atoms with Crippen LogP contribution in [0.15, 0.2) is 42.5 Å². The average molecular weight is 418 g/mol. The summed E-state index contributed by atoms with van der Waals surface area (Å²) in [6.45, 7) is 5.03. The zero-order chi connectivity index (χ0) is 20.6. The molecule has 0 spiro atoms. The van der Waals surface area contributed by atoms with Gasteiger partial charge in [-0.15, -0.1) is 0 Å². The maximum atomic E-state index is 12.6. The third kappa shape index (κ3) is 6.10. The molecule has 1 saturated heterocycles. The van der Waals surface area contributed by atoms with Crippen molar-refractivity contribution in [3.8, 4) is 11.5 Å². The minimum absolute atomic E-state index is 0.0824. The molecule has 0 atom stereocenters. The first-order valence-corrected chi connectivity index (χ1v) is 10.2. The summed E-state index contributed by atoms with van der Waals surface area (Å²) < 4.78 is 10.5. The fourth-order valence-electron chi connectivity index (χ4n) is 3.53. The summed E-state index contributed by atoms with van der Waals surface area (Å²) in [6.07, 6.45) is 1.04. The smallest absolute Gasteiger partial charge is 0.238 e. The predicted octanol–water partition coefficient (Wildman–Crippen LogP) is 3.50. The van der Waals surface area contributed by atoms with E-state index < -0.39 is 0 Å². The van der Waals surface area contributed by atoms with E-state index in [1.54, 1.807) is 26.4 Å². The minimum Gasteiger partial charge on any atom is -0.495 e. The summed E-state index contributed by atoms with van der Waals surface area (Å²) in [5.74, 6) is 0.943. The number of hydrogen-bond donors (Lipinski definition) is 1. The van der Waals surface area contributed by atoms with Crippen LogP contribution in [0.4, 0.5) is 5.69 Å². The highest BCUT2D eigenvalue weighted by atomic mass is 35.5. The van der Waals surface area contributed by atoms with Gasteiger partial charge in [0.15, 0.2) is 0 Å². The van der Waals surface area contributed by atoms with Gasteiger partial charge in [-0.1, -0.05) is 41.9 Å². The maximum absolute atomic E-state index is 12.6. The molecule has 0 saturated carbocycles. The summed E-state index contributed by atoms with van der Waals surface area (Å²) >= 11 is 6.19. The fourth-order valence-corrected chi connectivity index (χ4v) is 3.77. The van der Waals surface area contributed by atoms with Gasteiger partial charge < -0.3 is 14.8 Å². The van der Waals surface area contributed by atoms with Crippen molar-refractivity contribution in [2.45, 2.75) is 13.0 Å². The molecule has 6 nitrogen and oxygen atoms in total. The lowest BCUT2D eigenvalue weighted by molar-refractivity contribution is -0.117. The molecule has 29 heavy (non-hydrogen) atoms. The summed E-state index contributed by atoms with van der Waals surface area (Å²) in [7, 11) is 3.09. The summed E-state index contributed by atoms with van der Waals surface area (Å²) in [4.78, 5) is 17.2. The number of carbonyl (C=O) groups excluding carboxylic acids is 1. The first-order valence-electron chi connectivity index (χ1n) is 9.79. The number of amides is 1. The lowest BCUT2D eigenvalue weighted by Crippen LogP contribution is -2.36. The third-order valence-electron chi connectivity index (χ3n) is 5.05. The molecule has 0 aliphatic carbocycles. The number of carbonyl (C=O) groups is 1. The van der Waals surface area contributed by atoms with Gasteiger partial charge in [-0.3, -0.25) is 14.6 Å². The van der Waals surface area contributed by atoms with E-state index in [0.717, 1.165) is 39.1 Å². The number of anilines is 1. The highest BCUT2D eigenvalue weighted by Gasteiger charge is 2.19. The van der Waals surface area contributed by atoms with Crippen LogP contribution < -0.4 is 14.8 Å². The Balaban J connectivity index is 1.54. The van der Waals surface area contributed by atoms with Crippen LogP contribution >= 0.6 is 11.6 Å². The van der Waals surface area contributed by atoms with Gasteiger partial charge in [0.25, 0.3) is 0 Å². The largest absolute Gasteiger partial charge is 0.495 e. The van der Waals surface area contributed by atoms with Crippen molar-refractivity contribution in [3.63, 3.8) is 0 Å². The molecule has 156 valence electrons. The molecule has 0 radical (unpaired) electrons. The van der Waals surface area contributed by atoms with Crippen molar-refractivity contribution in [3.05, 3.63) is 53.1 Å². The number of halogens is 1. The van der Waals surface area contributed by atoms with E-state index in [-0.39, 0.29) is 5.91 Å². The van der Waals surface area contributed by atoms with Crippen molar-refractivity contribution >= 4 is 23.2 Å². The van der Waals surface area contributed by atoms with E-state index >= 15 is 0 Å². The molecule has 0 bridgehead atoms. The minimum atomic E-state index is -0.0824. The Hall–Kier alpha value is -2.28. The lowest BCUT2D eigenvalue weighted by Gasteiger charge is -2.22. The standard InChI is InChI=1S/C22H28ClN3O3/c1-28-20-14-21(29-2)19(13-18(20)23)24-22(27)16-26-10-6-9-25(11-12-26)15-17-7-4-3-5-8-17/h3-5,7-8,13-14H,6,9-12,15-16H2,1-2H3,(H,24,27). The Labute approximate surface area is 177 Å². The first kappa shape index (κ1) is 21.4. The molecule has 2 aromatic rings. The topological polar surface area (TPSA) is 54.0 Å². The van der Waals surface area contributed by atoms with Crippen molar-refractivity contribution in [1.29, 1.82) is 0 Å². The summed E-state index contributed by atoms with van der Waals surface area (Å²) in [6, 6.07) is 13.8. The number of rotatable bonds is 7. The summed E-state index contributed by atoms with van der Waals surface area (Å²) in [5.41, 5.74) is 1.87. The fraction of sp³-hybridized carbons (Fsp3) is 0.409. The Morgan fingerprint density at radius 1 is 1.00 bits per heavy atom. The second-order valence-electron chi connectivity index (χ2n) is 7.13. The van der Waals surface area contributed by atoms with E-state index in [1.165, 1.54) is 5.56 Å². The van der Waals surface area contributed by atoms with Gasteiger partial charge in [0.2, 0.25) is 5.91 Å². The Morgan fingerprint density at radius 2 is 1.69 bits per heavy atom. The average Bonchev–Trinajstić information content (AvgIpc) is 2.94. The number of hydrogen-bond acceptors (Lipinski definition) is 5. The predicted molar refractivity (Wildman–Crippen MR) is 116 cm³/mol. The SMILES string of the molecule is COc1cc(OC)c(NC(=O)CN2CCCN(Cc3ccccc3)CC2)cc1Cl. The zero-order valence-corrected chi connectivity index (χ0v) is 17.7. The zero-order valence-electron chi connectivity index (χ0n) is 17.0. The van der Waals surface area contributed by atoms with Crippen LogP contribution in [0.5, 0.6) is 11.5 Å². The van der Waals surface area contributed by atoms with E-state index in [4.69, 9.17) is 21.1 Å². The van der Waals surface area contributed by atoms with Crippen LogP contribution in [0.25, 0.3) is 0 Å². The van der Waals surface area contributed by atoms with Crippen LogP contribution in [0.2, 0.25) is 5.02 Å². The van der Waals surface area contributed by atoms with E-state index in [2.05, 4.69) is 39.4 Å². The Kier molecular flexibility index (Phi) is 7.75. The monoisotopic (exact) mass is 417 g/mol. The molecule has 1 fully saturated rings. The molecule has 3 rings (SSSR count). The van der Waals surface area contributed by atoms with Gasteiger partial charge in [-0.05, 0) is 31.1 Å². The van der Waals surface area contributed by atoms with Crippen molar-refractivity contribution in [2.75, 3.05) is 52.3 Å². The van der Waals surface area contributed by atoms with E-state index in [1.807, 2.05) is 6.07 Å². The number of nitrogens with one attached hydrogen (secondary N) is 1. The van der Waals surface area contributed by atoms with Gasteiger partial charge >= 0.3 is 0 Å². The molecule has 1 amide bonds. The van der Waals surface area contributed by atoms with Gasteiger partial charge in [0.05, 0.1) is 31.5 Å². The second-order valence-corrected chi connectivity index (χ2v) is 7.53. The third-order valence-corrected chi connectivity index (χ3v) is 5.34. The molecule has 0 aromatic heterocycles. The molecule has 2 aromatic carbocycles. The van der Waals surface area contributed by atoms with Gasteiger partial charge in [0.1, 0.15) is 11.5 Å². The molecule has 1 heterocycles. The van der Waals surface area contributed by atoms with Crippen molar-refractivity contribution in [1.82, 2.24) is 9.80 Å². The van der Waals surface area contributed by atoms with Crippen molar-refractivity contribution in [2.24, 2.45) is 0 Å². The van der Waals surface area contributed by atoms with Crippen LogP contribution in [0.3, 0.4) is 0 Å². The van der Waals surface area contributed by atoms with Gasteiger partial charge in [-0.2, -0.15) is 0 Å². The van der Waals surface area contributed by atoms with Gasteiger partial charge in [-0.25, -0.2) is 0 Å². The summed E-state index contributed by atoms with van der Waals surface area (Å²) in [5, 5.41) is 3.34. The van der Waals surface area contributed by atoms with Crippen LogP contribution in [-0.4, -0.2) is 62.7 Å². The maximum Gasteiger partial charge on any atom is 0.238 e. The number of ether oxygens (including phenoxy) is 2. The lowest BCUT2D eigenvalue weighted by atomic mass is 10.2. The van der Waals surface area contributed by atoms with E-state index in [0.29, 0.717) is 28.8 Å². The Morgan fingerprint density at radius 3 is 2.41 bits per heavy atom. The molecular formula is C22H28ClN3O3. The first-order chi connectivity index (χ1) is 14.1. The van der Waals surface area contributed by atoms with E-state index in [9.17, 15) is 4.79 Å². The molecule has 0 unspecified atom stereocenters. The van der Waals surface area contributed by atoms with Crippen LogP contribution in [0, 0.1) is 0 Å². The van der Waals surface area contributed by atoms with Crippen LogP contribution in [0.1, 0.15) is 12.0 Å². The van der Waals surface area contributed by atoms with Crippen molar-refractivity contribution < 1.29 is 14.3 Å². The number of methoxy groups -OCH3 is 2. The molecule has 7 heteroatoms. The second kappa shape index (κ2) is 10.5. The molecule has 1 aliphatic heterocycles. The number of benzene rings is 2. The van der Waals surface area contributed by atoms with Gasteiger partial charge in [0, 0.05) is 25.7 Å². The molecule has 1 aliphatic rings. The van der Waals surface area contributed by atoms with Crippen LogP contribution in [-0.2, 0) is 11.3 Å². The number of nitrogens with zero attached hydrogens (tertiary/aromatic N) is 2. The molecule has 1 N–H and O–H groups in total. The Bertz CT molecular complexity index is 816. The normalized spacial score (nSPS) is 15.6. The highest BCUT2D eigenvalue weighted by Crippen LogP contribution is 2.35. The quantitative estimate of drug-likeness (QED) is 0.747.